The van der Waals surface area contributed by atoms with Crippen molar-refractivity contribution in [2.24, 2.45) is 0 Å². The molecule has 0 aliphatic carbocycles. The minimum Gasteiger partial charge on any atom is -0.433 e. The molecule has 1 saturated heterocycles. The van der Waals surface area contributed by atoms with Gasteiger partial charge in [-0.3, -0.25) is 4.90 Å². The molecule has 0 unspecified atom stereocenters. The predicted octanol–water partition coefficient (Wildman–Crippen LogP) is 2.88. The maximum atomic E-state index is 12.0. The van der Waals surface area contributed by atoms with Crippen LogP contribution in [-0.4, -0.2) is 67.8 Å². The highest BCUT2D eigenvalue weighted by molar-refractivity contribution is 5.90. The molecule has 0 spiro atoms. The fourth-order valence-corrected chi connectivity index (χ4v) is 3.23. The van der Waals surface area contributed by atoms with Crippen molar-refractivity contribution in [3.63, 3.8) is 0 Å². The molecule has 0 radical (unpaired) electrons. The number of benzene rings is 1. The lowest BCUT2D eigenvalue weighted by Gasteiger charge is -2.14. The lowest BCUT2D eigenvalue weighted by atomic mass is 10.1. The molecule has 2 heterocycles. The zero-order valence-corrected chi connectivity index (χ0v) is 15.1. The molecule has 25 heavy (non-hydrogen) atoms. The molecule has 6 heteroatoms. The first-order chi connectivity index (χ1) is 12.1. The van der Waals surface area contributed by atoms with Gasteiger partial charge in [-0.2, -0.15) is 0 Å². The van der Waals surface area contributed by atoms with E-state index in [9.17, 15) is 4.79 Å². The molecule has 3 rings (SSSR count). The van der Waals surface area contributed by atoms with Gasteiger partial charge in [-0.1, -0.05) is 6.07 Å². The van der Waals surface area contributed by atoms with Gasteiger partial charge in [-0.15, -0.1) is 0 Å². The molecule has 1 aliphatic rings. The second-order valence-electron chi connectivity index (χ2n) is 6.80. The first kappa shape index (κ1) is 17.8. The molecule has 1 fully saturated rings. The first-order valence-corrected chi connectivity index (χ1v) is 8.94. The average Bonchev–Trinajstić information content (AvgIpc) is 3.23. The van der Waals surface area contributed by atoms with Crippen LogP contribution in [0.3, 0.4) is 0 Å². The van der Waals surface area contributed by atoms with E-state index in [0.717, 1.165) is 49.1 Å². The van der Waals surface area contributed by atoms with Crippen LogP contribution in [0.1, 0.15) is 18.4 Å². The van der Waals surface area contributed by atoms with Gasteiger partial charge in [0.25, 0.3) is 0 Å². The van der Waals surface area contributed by atoms with Crippen molar-refractivity contribution in [2.75, 3.05) is 46.9 Å². The molecule has 0 saturated carbocycles. The lowest BCUT2D eigenvalue weighted by Crippen LogP contribution is -2.25. The molecule has 2 aromatic rings. The molecule has 1 aliphatic heterocycles. The van der Waals surface area contributed by atoms with Crippen molar-refractivity contribution < 1.29 is 14.3 Å². The monoisotopic (exact) mass is 345 g/mol. The van der Waals surface area contributed by atoms with E-state index in [1.165, 1.54) is 12.8 Å². The number of hydrogen-bond acceptors (Lipinski definition) is 5. The Bertz CT molecular complexity index is 705. The van der Waals surface area contributed by atoms with Crippen LogP contribution >= 0.6 is 0 Å². The Hall–Kier alpha value is -2.05. The summed E-state index contributed by atoms with van der Waals surface area (Å²) >= 11 is 0. The Morgan fingerprint density at radius 2 is 2.08 bits per heavy atom. The molecule has 0 atom stereocenters. The lowest BCUT2D eigenvalue weighted by molar-refractivity contribution is 0.0905. The van der Waals surface area contributed by atoms with Crippen molar-refractivity contribution in [3.05, 3.63) is 30.0 Å². The Morgan fingerprint density at radius 3 is 2.84 bits per heavy atom. The van der Waals surface area contributed by atoms with Crippen molar-refractivity contribution in [1.82, 2.24) is 14.8 Å². The highest BCUT2D eigenvalue weighted by Crippen LogP contribution is 2.29. The van der Waals surface area contributed by atoms with E-state index >= 15 is 0 Å². The van der Waals surface area contributed by atoms with Gasteiger partial charge in [0, 0.05) is 30.2 Å². The van der Waals surface area contributed by atoms with Crippen LogP contribution < -0.4 is 4.74 Å². The minimum atomic E-state index is -0.633. The molecular weight excluding hydrogens is 318 g/mol. The van der Waals surface area contributed by atoms with Crippen molar-refractivity contribution >= 4 is 17.1 Å². The van der Waals surface area contributed by atoms with Gasteiger partial charge in [0.1, 0.15) is 12.4 Å². The highest BCUT2D eigenvalue weighted by Gasteiger charge is 2.15. The number of likely N-dealkylation sites (tertiary alicyclic amines) is 1. The third-order valence-corrected chi connectivity index (χ3v) is 4.60. The van der Waals surface area contributed by atoms with Gasteiger partial charge in [0.15, 0.2) is 0 Å². The van der Waals surface area contributed by atoms with Crippen LogP contribution in [0.25, 0.3) is 10.9 Å². The summed E-state index contributed by atoms with van der Waals surface area (Å²) in [5.74, 6) is 0.554. The third kappa shape index (κ3) is 4.74. The van der Waals surface area contributed by atoms with Crippen LogP contribution in [-0.2, 0) is 11.2 Å². The van der Waals surface area contributed by atoms with Gasteiger partial charge in [-0.25, -0.2) is 4.79 Å². The van der Waals surface area contributed by atoms with E-state index in [1.807, 2.05) is 38.5 Å². The van der Waals surface area contributed by atoms with E-state index in [1.54, 1.807) is 0 Å². The molecule has 6 nitrogen and oxygen atoms in total. The van der Waals surface area contributed by atoms with Crippen molar-refractivity contribution in [2.45, 2.75) is 19.3 Å². The largest absolute Gasteiger partial charge is 0.513 e. The number of aromatic nitrogens is 1. The van der Waals surface area contributed by atoms with Gasteiger partial charge in [0.2, 0.25) is 0 Å². The van der Waals surface area contributed by atoms with Gasteiger partial charge in [-0.05, 0) is 64.1 Å². The Labute approximate surface area is 148 Å². The summed E-state index contributed by atoms with van der Waals surface area (Å²) in [6.45, 7) is 4.27. The second kappa shape index (κ2) is 8.36. The fourth-order valence-electron chi connectivity index (χ4n) is 3.23. The van der Waals surface area contributed by atoms with E-state index < -0.39 is 6.16 Å². The quantitative estimate of drug-likeness (QED) is 0.618. The number of ether oxygens (including phenoxy) is 2. The number of nitrogens with one attached hydrogen (secondary N) is 1. The molecule has 1 N–H and O–H groups in total. The van der Waals surface area contributed by atoms with Crippen molar-refractivity contribution in [1.29, 1.82) is 0 Å². The molecule has 1 aromatic heterocycles. The second-order valence-corrected chi connectivity index (χ2v) is 6.80. The zero-order chi connectivity index (χ0) is 17.6. The van der Waals surface area contributed by atoms with E-state index in [-0.39, 0.29) is 0 Å². The van der Waals surface area contributed by atoms with Crippen LogP contribution in [0, 0.1) is 0 Å². The van der Waals surface area contributed by atoms with Crippen molar-refractivity contribution in [3.8, 4) is 5.75 Å². The normalized spacial score (nSPS) is 15.2. The van der Waals surface area contributed by atoms with Crippen LogP contribution in [0.4, 0.5) is 4.79 Å². The number of carbonyl (C=O) groups excluding carboxylic acids is 1. The molecule has 136 valence electrons. The Balaban J connectivity index is 1.61. The van der Waals surface area contributed by atoms with Gasteiger partial charge < -0.3 is 19.4 Å². The van der Waals surface area contributed by atoms with Gasteiger partial charge in [0.05, 0.1) is 0 Å². The number of nitrogens with zero attached hydrogens (tertiary/aromatic N) is 2. The van der Waals surface area contributed by atoms with Gasteiger partial charge >= 0.3 is 6.16 Å². The summed E-state index contributed by atoms with van der Waals surface area (Å²) in [7, 11) is 4.09. The maximum absolute atomic E-state index is 12.0. The topological polar surface area (TPSA) is 57.8 Å². The van der Waals surface area contributed by atoms with E-state index in [0.29, 0.717) is 12.4 Å². The molecule has 1 aromatic carbocycles. The Morgan fingerprint density at radius 1 is 1.28 bits per heavy atom. The molecule has 0 bridgehead atoms. The summed E-state index contributed by atoms with van der Waals surface area (Å²) in [5.41, 5.74) is 2.11. The number of rotatable bonds is 7. The summed E-state index contributed by atoms with van der Waals surface area (Å²) in [4.78, 5) is 19.7. The van der Waals surface area contributed by atoms with Crippen LogP contribution in [0.15, 0.2) is 24.4 Å². The molecule has 0 amide bonds. The number of aromatic amines is 1. The van der Waals surface area contributed by atoms with Crippen LogP contribution in [0.5, 0.6) is 5.75 Å². The number of hydrogen-bond donors (Lipinski definition) is 1. The third-order valence-electron chi connectivity index (χ3n) is 4.60. The SMILES string of the molecule is CN(C)CCc1c[nH]c2cccc(OC(=O)OCCN3CCCC3)c12. The Kier molecular flexibility index (Phi) is 5.94. The summed E-state index contributed by atoms with van der Waals surface area (Å²) in [6, 6.07) is 5.68. The van der Waals surface area contributed by atoms with E-state index in [4.69, 9.17) is 9.47 Å². The number of carbonyl (C=O) groups is 1. The number of likely N-dealkylation sites (N-methyl/N-ethyl adjacent to an activating group) is 1. The predicted molar refractivity (Wildman–Crippen MR) is 98.2 cm³/mol. The number of fused-ring (bicyclic) bond motifs is 1. The number of H-pyrrole nitrogens is 1. The average molecular weight is 345 g/mol. The van der Waals surface area contributed by atoms with Crippen LogP contribution in [0.2, 0.25) is 0 Å². The summed E-state index contributed by atoms with van der Waals surface area (Å²) in [6.07, 6.45) is 4.70. The van der Waals surface area contributed by atoms with E-state index in [2.05, 4.69) is 14.8 Å². The standard InChI is InChI=1S/C19H27N3O3/c1-21(2)11-8-15-14-20-16-6-5-7-17(18(15)16)25-19(23)24-13-12-22-9-3-4-10-22/h5-7,14,20H,3-4,8-13H2,1-2H3. The smallest absolute Gasteiger partial charge is 0.433 e. The first-order valence-electron chi connectivity index (χ1n) is 8.94. The minimum absolute atomic E-state index is 0.370. The summed E-state index contributed by atoms with van der Waals surface area (Å²) < 4.78 is 10.7. The fraction of sp³-hybridized carbons (Fsp3) is 0.526. The molecular formula is C19H27N3O3. The zero-order valence-electron chi connectivity index (χ0n) is 15.1. The summed E-state index contributed by atoms with van der Waals surface area (Å²) in [5, 5.41) is 0.959. The highest BCUT2D eigenvalue weighted by atomic mass is 16.7. The maximum Gasteiger partial charge on any atom is 0.513 e.